The first kappa shape index (κ1) is 26.6. The Labute approximate surface area is 220 Å². The van der Waals surface area contributed by atoms with E-state index in [4.69, 9.17) is 9.47 Å². The molecular weight excluding hydrogens is 506 g/mol. The van der Waals surface area contributed by atoms with Crippen molar-refractivity contribution in [3.8, 4) is 11.5 Å². The van der Waals surface area contributed by atoms with Crippen molar-refractivity contribution in [3.63, 3.8) is 0 Å². The maximum absolute atomic E-state index is 13.8. The molecule has 4 aromatic rings. The molecule has 0 aliphatic rings. The van der Waals surface area contributed by atoms with E-state index in [0.29, 0.717) is 17.1 Å². The van der Waals surface area contributed by atoms with Crippen molar-refractivity contribution in [2.24, 2.45) is 0 Å². The molecule has 0 heterocycles. The number of para-hydroxylation sites is 1. The second-order valence-corrected chi connectivity index (χ2v) is 10.3. The minimum atomic E-state index is -4.25. The number of carboxylic acid groups (broad SMARTS) is 1. The van der Waals surface area contributed by atoms with Crippen LogP contribution in [0.3, 0.4) is 0 Å². The van der Waals surface area contributed by atoms with Crippen LogP contribution in [-0.4, -0.2) is 36.9 Å². The van der Waals surface area contributed by atoms with Crippen LogP contribution in [0.5, 0.6) is 11.5 Å². The molecule has 0 saturated heterocycles. The topological polar surface area (TPSA) is 110 Å². The second kappa shape index (κ2) is 11.7. The van der Waals surface area contributed by atoms with Crippen LogP contribution in [0.2, 0.25) is 0 Å². The summed E-state index contributed by atoms with van der Waals surface area (Å²) in [7, 11) is -3.11. The lowest BCUT2D eigenvalue weighted by atomic mass is 10.1. The Balaban J connectivity index is 1.68. The number of methoxy groups -OCH3 is 1. The van der Waals surface area contributed by atoms with Crippen molar-refractivity contribution < 1.29 is 32.6 Å². The van der Waals surface area contributed by atoms with Gasteiger partial charge in [0.2, 0.25) is 10.0 Å². The summed E-state index contributed by atoms with van der Waals surface area (Å²) in [5, 5.41) is 9.52. The van der Waals surface area contributed by atoms with E-state index in [0.717, 1.165) is 30.9 Å². The number of ether oxygens (including phenoxy) is 2. The zero-order valence-electron chi connectivity index (χ0n) is 20.5. The molecular formula is C29H25NO7S. The highest BCUT2D eigenvalue weighted by Gasteiger charge is 2.28. The molecule has 0 spiro atoms. The maximum atomic E-state index is 13.8. The van der Waals surface area contributed by atoms with Crippen LogP contribution < -0.4 is 4.74 Å². The average molecular weight is 532 g/mol. The van der Waals surface area contributed by atoms with Crippen molar-refractivity contribution in [2.45, 2.75) is 18.0 Å². The highest BCUT2D eigenvalue weighted by atomic mass is 32.2. The molecule has 0 amide bonds. The fourth-order valence-electron chi connectivity index (χ4n) is 3.76. The predicted molar refractivity (Wildman–Crippen MR) is 141 cm³/mol. The largest absolute Gasteiger partial charge is 0.478 e. The fraction of sp³-hybridized carbons (Fsp3) is 0.103. The average Bonchev–Trinajstić information content (AvgIpc) is 2.94. The van der Waals surface area contributed by atoms with Crippen molar-refractivity contribution in [2.75, 3.05) is 7.11 Å². The number of hydrogen-bond donors (Lipinski definition) is 1. The van der Waals surface area contributed by atoms with E-state index in [1.807, 2.05) is 36.4 Å². The summed E-state index contributed by atoms with van der Waals surface area (Å²) in [4.78, 5) is 23.5. The number of rotatable bonds is 10. The molecule has 4 aromatic carbocycles. The first-order chi connectivity index (χ1) is 18.3. The number of carbonyl (C=O) groups is 2. The van der Waals surface area contributed by atoms with E-state index in [2.05, 4.69) is 0 Å². The Morgan fingerprint density at radius 2 is 1.26 bits per heavy atom. The summed E-state index contributed by atoms with van der Waals surface area (Å²) >= 11 is 0. The van der Waals surface area contributed by atoms with Gasteiger partial charge in [0.25, 0.3) is 0 Å². The van der Waals surface area contributed by atoms with Gasteiger partial charge in [-0.15, -0.1) is 0 Å². The quantitative estimate of drug-likeness (QED) is 0.275. The number of carboxylic acids is 1. The van der Waals surface area contributed by atoms with Gasteiger partial charge in [-0.2, -0.15) is 4.31 Å². The summed E-state index contributed by atoms with van der Waals surface area (Å²) < 4.78 is 39.4. The van der Waals surface area contributed by atoms with Crippen LogP contribution in [0.25, 0.3) is 0 Å². The van der Waals surface area contributed by atoms with E-state index in [1.54, 1.807) is 48.5 Å². The van der Waals surface area contributed by atoms with Gasteiger partial charge in [0.1, 0.15) is 11.5 Å². The van der Waals surface area contributed by atoms with Gasteiger partial charge >= 0.3 is 11.9 Å². The predicted octanol–water partition coefficient (Wildman–Crippen LogP) is 5.35. The number of esters is 1. The molecule has 4 rings (SSSR count). The third kappa shape index (κ3) is 6.44. The molecule has 0 aliphatic carbocycles. The summed E-state index contributed by atoms with van der Waals surface area (Å²) in [5.41, 5.74) is 0.914. The first-order valence-corrected chi connectivity index (χ1v) is 13.0. The molecule has 1 N–H and O–H groups in total. The van der Waals surface area contributed by atoms with Gasteiger partial charge in [0.15, 0.2) is 0 Å². The Kier molecular flexibility index (Phi) is 8.20. The Bertz CT molecular complexity index is 1520. The van der Waals surface area contributed by atoms with E-state index in [-0.39, 0.29) is 29.1 Å². The molecule has 9 heteroatoms. The standard InChI is InChI=1S/C29H25NO7S/c1-36-29(33)24-16-23(28(31)32)17-27(18-24)38(34,35)30(19-21-8-4-2-5-9-21)20-22-12-14-26(15-13-22)37-25-10-6-3-7-11-25/h2-18H,19-20H2,1H3,(H,31,32). The summed E-state index contributed by atoms with van der Waals surface area (Å²) in [6, 6.07) is 28.6. The van der Waals surface area contributed by atoms with Gasteiger partial charge in [-0.05, 0) is 53.6 Å². The van der Waals surface area contributed by atoms with Crippen LogP contribution in [0, 0.1) is 0 Å². The smallest absolute Gasteiger partial charge is 0.337 e. The molecule has 0 fully saturated rings. The normalized spacial score (nSPS) is 11.2. The first-order valence-electron chi connectivity index (χ1n) is 11.6. The lowest BCUT2D eigenvalue weighted by Crippen LogP contribution is -2.30. The molecule has 8 nitrogen and oxygen atoms in total. The van der Waals surface area contributed by atoms with Gasteiger partial charge in [-0.1, -0.05) is 60.7 Å². The molecule has 0 bridgehead atoms. The van der Waals surface area contributed by atoms with Crippen LogP contribution >= 0.6 is 0 Å². The third-order valence-corrected chi connectivity index (χ3v) is 7.44. The molecule has 0 radical (unpaired) electrons. The highest BCUT2D eigenvalue weighted by molar-refractivity contribution is 7.89. The molecule has 38 heavy (non-hydrogen) atoms. The number of carbonyl (C=O) groups excluding carboxylic acids is 1. The second-order valence-electron chi connectivity index (χ2n) is 8.36. The third-order valence-electron chi connectivity index (χ3n) is 5.68. The zero-order chi connectivity index (χ0) is 27.1. The summed E-state index contributed by atoms with van der Waals surface area (Å²) in [6.07, 6.45) is 0. The lowest BCUT2D eigenvalue weighted by molar-refractivity contribution is 0.0600. The van der Waals surface area contributed by atoms with Crippen LogP contribution in [0.4, 0.5) is 0 Å². The SMILES string of the molecule is COC(=O)c1cc(C(=O)O)cc(S(=O)(=O)N(Cc2ccccc2)Cc2ccc(Oc3ccccc3)cc2)c1. The van der Waals surface area contributed by atoms with E-state index < -0.39 is 22.0 Å². The zero-order valence-corrected chi connectivity index (χ0v) is 21.3. The Morgan fingerprint density at radius 3 is 1.84 bits per heavy atom. The Morgan fingerprint density at radius 1 is 0.737 bits per heavy atom. The van der Waals surface area contributed by atoms with Gasteiger partial charge in [0, 0.05) is 13.1 Å². The molecule has 0 aromatic heterocycles. The van der Waals surface area contributed by atoms with E-state index >= 15 is 0 Å². The van der Waals surface area contributed by atoms with E-state index in [9.17, 15) is 23.1 Å². The summed E-state index contributed by atoms with van der Waals surface area (Å²) in [5.74, 6) is -0.938. The molecule has 0 aliphatic heterocycles. The van der Waals surface area contributed by atoms with Gasteiger partial charge in [0.05, 0.1) is 23.1 Å². The summed E-state index contributed by atoms with van der Waals surface area (Å²) in [6.45, 7) is 0.0179. The minimum Gasteiger partial charge on any atom is -0.478 e. The van der Waals surface area contributed by atoms with Crippen molar-refractivity contribution in [3.05, 3.63) is 125 Å². The molecule has 0 atom stereocenters. The van der Waals surface area contributed by atoms with Gasteiger partial charge < -0.3 is 14.6 Å². The van der Waals surface area contributed by atoms with Crippen LogP contribution in [0.15, 0.2) is 108 Å². The van der Waals surface area contributed by atoms with Gasteiger partial charge in [-0.3, -0.25) is 0 Å². The fourth-order valence-corrected chi connectivity index (χ4v) is 5.25. The molecule has 0 unspecified atom stereocenters. The van der Waals surface area contributed by atoms with Crippen molar-refractivity contribution in [1.29, 1.82) is 0 Å². The lowest BCUT2D eigenvalue weighted by Gasteiger charge is -2.23. The van der Waals surface area contributed by atoms with Crippen LogP contribution in [0.1, 0.15) is 31.8 Å². The number of sulfonamides is 1. The number of aromatic carboxylic acids is 1. The monoisotopic (exact) mass is 531 g/mol. The number of hydrogen-bond acceptors (Lipinski definition) is 6. The van der Waals surface area contributed by atoms with Crippen molar-refractivity contribution >= 4 is 22.0 Å². The number of nitrogens with zero attached hydrogens (tertiary/aromatic N) is 1. The highest BCUT2D eigenvalue weighted by Crippen LogP contribution is 2.26. The molecule has 194 valence electrons. The van der Waals surface area contributed by atoms with Crippen LogP contribution in [-0.2, 0) is 27.8 Å². The van der Waals surface area contributed by atoms with Crippen molar-refractivity contribution in [1.82, 2.24) is 4.31 Å². The Hall–Kier alpha value is -4.47. The minimum absolute atomic E-state index is 0.00625. The number of benzene rings is 4. The molecule has 0 saturated carbocycles. The maximum Gasteiger partial charge on any atom is 0.337 e. The van der Waals surface area contributed by atoms with E-state index in [1.165, 1.54) is 4.31 Å². The van der Waals surface area contributed by atoms with Gasteiger partial charge in [-0.25, -0.2) is 18.0 Å².